The molecule has 0 aromatic heterocycles. The summed E-state index contributed by atoms with van der Waals surface area (Å²) in [6.07, 6.45) is 0.764. The summed E-state index contributed by atoms with van der Waals surface area (Å²) >= 11 is 0. The maximum absolute atomic E-state index is 9.83. The molecule has 17 heavy (non-hydrogen) atoms. The molecule has 0 aliphatic heterocycles. The van der Waals surface area contributed by atoms with E-state index in [0.29, 0.717) is 11.1 Å². The van der Waals surface area contributed by atoms with E-state index in [2.05, 4.69) is 0 Å². The average Bonchev–Trinajstić information content (AvgIpc) is 2.32. The molecule has 88 valence electrons. The van der Waals surface area contributed by atoms with Crippen molar-refractivity contribution < 1.29 is 15.3 Å². The highest BCUT2D eigenvalue weighted by molar-refractivity contribution is 5.74. The van der Waals surface area contributed by atoms with Crippen molar-refractivity contribution >= 4 is 0 Å². The predicted molar refractivity (Wildman–Crippen MR) is 66.3 cm³/mol. The van der Waals surface area contributed by atoms with Crippen LogP contribution in [0.5, 0.6) is 17.2 Å². The van der Waals surface area contributed by atoms with Gasteiger partial charge in [0.25, 0.3) is 0 Å². The van der Waals surface area contributed by atoms with Crippen LogP contribution < -0.4 is 0 Å². The quantitative estimate of drug-likeness (QED) is 0.695. The van der Waals surface area contributed by atoms with E-state index in [0.717, 1.165) is 12.0 Å². The van der Waals surface area contributed by atoms with E-state index in [-0.39, 0.29) is 17.2 Å². The van der Waals surface area contributed by atoms with Crippen LogP contribution in [0.4, 0.5) is 0 Å². The van der Waals surface area contributed by atoms with Gasteiger partial charge in [-0.15, -0.1) is 0 Å². The summed E-state index contributed by atoms with van der Waals surface area (Å²) in [5.74, 6) is -0.168. The van der Waals surface area contributed by atoms with E-state index >= 15 is 0 Å². The van der Waals surface area contributed by atoms with Crippen molar-refractivity contribution in [2.24, 2.45) is 0 Å². The van der Waals surface area contributed by atoms with Crippen LogP contribution in [0.15, 0.2) is 36.4 Å². The predicted octanol–water partition coefficient (Wildman–Crippen LogP) is 3.03. The first kappa shape index (κ1) is 11.3. The monoisotopic (exact) mass is 230 g/mol. The van der Waals surface area contributed by atoms with Crippen molar-refractivity contribution in [2.45, 2.75) is 13.3 Å². The molecule has 0 spiro atoms. The molecule has 0 saturated carbocycles. The molecule has 2 aromatic carbocycles. The first-order chi connectivity index (χ1) is 8.11. The lowest BCUT2D eigenvalue weighted by atomic mass is 10.00. The Morgan fingerprint density at radius 1 is 1.00 bits per heavy atom. The van der Waals surface area contributed by atoms with Crippen LogP contribution in [0.3, 0.4) is 0 Å². The SMILES string of the molecule is CCc1cc(O)c(O)c(-c2cccc(O)c2)c1. The molecule has 0 aliphatic rings. The van der Waals surface area contributed by atoms with Crippen LogP contribution in [-0.4, -0.2) is 15.3 Å². The largest absolute Gasteiger partial charge is 0.508 e. The molecule has 0 bridgehead atoms. The van der Waals surface area contributed by atoms with Gasteiger partial charge in [0.15, 0.2) is 11.5 Å². The number of aryl methyl sites for hydroxylation is 1. The summed E-state index contributed by atoms with van der Waals surface area (Å²) in [6.45, 7) is 1.97. The van der Waals surface area contributed by atoms with Gasteiger partial charge in [0.05, 0.1) is 0 Å². The third-order valence-electron chi connectivity index (χ3n) is 2.71. The molecule has 2 rings (SSSR count). The number of phenols is 3. The average molecular weight is 230 g/mol. The van der Waals surface area contributed by atoms with Gasteiger partial charge in [-0.25, -0.2) is 0 Å². The summed E-state index contributed by atoms with van der Waals surface area (Å²) in [5.41, 5.74) is 2.13. The summed E-state index contributed by atoms with van der Waals surface area (Å²) < 4.78 is 0. The van der Waals surface area contributed by atoms with Crippen molar-refractivity contribution in [2.75, 3.05) is 0 Å². The Balaban J connectivity index is 2.62. The molecular formula is C14H14O3. The summed E-state index contributed by atoms with van der Waals surface area (Å²) in [7, 11) is 0. The molecule has 2 aromatic rings. The van der Waals surface area contributed by atoms with Crippen molar-refractivity contribution in [3.05, 3.63) is 42.0 Å². The van der Waals surface area contributed by atoms with E-state index in [1.165, 1.54) is 0 Å². The molecule has 3 heteroatoms. The molecule has 0 aliphatic carbocycles. The fourth-order valence-electron chi connectivity index (χ4n) is 1.77. The van der Waals surface area contributed by atoms with E-state index < -0.39 is 0 Å². The highest BCUT2D eigenvalue weighted by atomic mass is 16.3. The van der Waals surface area contributed by atoms with Gasteiger partial charge < -0.3 is 15.3 Å². The van der Waals surface area contributed by atoms with Gasteiger partial charge in [0.1, 0.15) is 5.75 Å². The number of phenolic OH excluding ortho intramolecular Hbond substituents is 3. The summed E-state index contributed by atoms with van der Waals surface area (Å²) in [6, 6.07) is 9.93. The second kappa shape index (κ2) is 4.37. The Labute approximate surface area is 99.6 Å². The fraction of sp³-hybridized carbons (Fsp3) is 0.143. The van der Waals surface area contributed by atoms with Crippen molar-refractivity contribution in [3.63, 3.8) is 0 Å². The molecule has 3 nitrogen and oxygen atoms in total. The van der Waals surface area contributed by atoms with E-state index in [1.807, 2.05) is 13.0 Å². The minimum atomic E-state index is -0.159. The van der Waals surface area contributed by atoms with E-state index in [1.54, 1.807) is 30.3 Å². The Bertz CT molecular complexity index is 547. The van der Waals surface area contributed by atoms with E-state index in [9.17, 15) is 15.3 Å². The zero-order valence-electron chi connectivity index (χ0n) is 9.51. The Kier molecular flexibility index (Phi) is 2.91. The zero-order valence-corrected chi connectivity index (χ0v) is 9.51. The lowest BCUT2D eigenvalue weighted by Gasteiger charge is -2.09. The molecule has 0 heterocycles. The van der Waals surface area contributed by atoms with Gasteiger partial charge in [0.2, 0.25) is 0 Å². The molecule has 0 fully saturated rings. The smallest absolute Gasteiger partial charge is 0.165 e. The Hall–Kier alpha value is -2.16. The summed E-state index contributed by atoms with van der Waals surface area (Å²) in [4.78, 5) is 0. The molecule has 0 saturated heterocycles. The van der Waals surface area contributed by atoms with E-state index in [4.69, 9.17) is 0 Å². The van der Waals surface area contributed by atoms with Crippen LogP contribution >= 0.6 is 0 Å². The second-order valence-corrected chi connectivity index (χ2v) is 3.91. The lowest BCUT2D eigenvalue weighted by Crippen LogP contribution is -1.85. The number of hydrogen-bond acceptors (Lipinski definition) is 3. The van der Waals surface area contributed by atoms with Gasteiger partial charge in [-0.1, -0.05) is 19.1 Å². The van der Waals surface area contributed by atoms with Crippen LogP contribution in [0.2, 0.25) is 0 Å². The van der Waals surface area contributed by atoms with Gasteiger partial charge in [-0.2, -0.15) is 0 Å². The Morgan fingerprint density at radius 2 is 1.76 bits per heavy atom. The van der Waals surface area contributed by atoms with Gasteiger partial charge in [-0.05, 0) is 41.8 Å². The molecule has 0 radical (unpaired) electrons. The maximum atomic E-state index is 9.83. The van der Waals surface area contributed by atoms with Crippen LogP contribution in [0.1, 0.15) is 12.5 Å². The summed E-state index contributed by atoms with van der Waals surface area (Å²) in [5, 5.41) is 28.9. The second-order valence-electron chi connectivity index (χ2n) is 3.91. The number of benzene rings is 2. The lowest BCUT2D eigenvalue weighted by molar-refractivity contribution is 0.404. The van der Waals surface area contributed by atoms with Gasteiger partial charge in [-0.3, -0.25) is 0 Å². The standard InChI is InChI=1S/C14H14O3/c1-2-9-6-12(14(17)13(16)7-9)10-4-3-5-11(15)8-10/h3-8,15-17H,2H2,1H3. The number of rotatable bonds is 2. The minimum Gasteiger partial charge on any atom is -0.508 e. The number of aromatic hydroxyl groups is 3. The third kappa shape index (κ3) is 2.18. The van der Waals surface area contributed by atoms with Gasteiger partial charge >= 0.3 is 0 Å². The van der Waals surface area contributed by atoms with Crippen molar-refractivity contribution in [1.29, 1.82) is 0 Å². The first-order valence-corrected chi connectivity index (χ1v) is 5.46. The van der Waals surface area contributed by atoms with Crippen LogP contribution in [0.25, 0.3) is 11.1 Å². The number of hydrogen-bond donors (Lipinski definition) is 3. The van der Waals surface area contributed by atoms with Crippen LogP contribution in [0, 0.1) is 0 Å². The maximum Gasteiger partial charge on any atom is 0.165 e. The van der Waals surface area contributed by atoms with Crippen LogP contribution in [-0.2, 0) is 6.42 Å². The highest BCUT2D eigenvalue weighted by Crippen LogP contribution is 2.38. The Morgan fingerprint density at radius 3 is 2.41 bits per heavy atom. The minimum absolute atomic E-state index is 0.128. The molecule has 0 atom stereocenters. The zero-order chi connectivity index (χ0) is 12.4. The molecule has 0 amide bonds. The third-order valence-corrected chi connectivity index (χ3v) is 2.71. The van der Waals surface area contributed by atoms with Crippen molar-refractivity contribution in [3.8, 4) is 28.4 Å². The highest BCUT2D eigenvalue weighted by Gasteiger charge is 2.10. The molecule has 3 N–H and O–H groups in total. The molecule has 0 unspecified atom stereocenters. The molecular weight excluding hydrogens is 216 g/mol. The van der Waals surface area contributed by atoms with Crippen molar-refractivity contribution in [1.82, 2.24) is 0 Å². The van der Waals surface area contributed by atoms with Gasteiger partial charge in [0, 0.05) is 5.56 Å². The topological polar surface area (TPSA) is 60.7 Å². The normalized spacial score (nSPS) is 10.4. The fourth-order valence-corrected chi connectivity index (χ4v) is 1.77. The first-order valence-electron chi connectivity index (χ1n) is 5.46.